The fourth-order valence-electron chi connectivity index (χ4n) is 2.65. The number of primary amides is 1. The Bertz CT molecular complexity index is 373. The average molecular weight is 267 g/mol. The number of hydrogen-bond donors (Lipinski definition) is 3. The summed E-state index contributed by atoms with van der Waals surface area (Å²) in [4.78, 5) is 34.8. The Labute approximate surface area is 112 Å². The molecule has 1 aliphatic carbocycles. The lowest BCUT2D eigenvalue weighted by Crippen LogP contribution is -2.51. The molecule has 0 aromatic rings. The van der Waals surface area contributed by atoms with Crippen molar-refractivity contribution in [2.24, 2.45) is 11.7 Å². The first kappa shape index (κ1) is 14.0. The van der Waals surface area contributed by atoms with Crippen LogP contribution in [0.1, 0.15) is 38.5 Å². The fourth-order valence-corrected chi connectivity index (χ4v) is 2.65. The van der Waals surface area contributed by atoms with E-state index in [1.165, 1.54) is 0 Å². The van der Waals surface area contributed by atoms with Crippen LogP contribution in [-0.2, 0) is 14.4 Å². The molecule has 2 fully saturated rings. The summed E-state index contributed by atoms with van der Waals surface area (Å²) < 4.78 is 0. The van der Waals surface area contributed by atoms with Gasteiger partial charge in [-0.15, -0.1) is 0 Å². The number of amides is 2. The third-order valence-corrected chi connectivity index (χ3v) is 4.05. The van der Waals surface area contributed by atoms with E-state index in [1.807, 2.05) is 0 Å². The zero-order chi connectivity index (χ0) is 13.8. The lowest BCUT2D eigenvalue weighted by molar-refractivity contribution is -0.139. The van der Waals surface area contributed by atoms with Crippen molar-refractivity contribution in [3.05, 3.63) is 0 Å². The zero-order valence-corrected chi connectivity index (χ0v) is 11.0. The zero-order valence-electron chi connectivity index (χ0n) is 11.0. The summed E-state index contributed by atoms with van der Waals surface area (Å²) in [5.74, 6) is -1.43. The molecule has 6 heteroatoms. The summed E-state index contributed by atoms with van der Waals surface area (Å²) in [7, 11) is 0. The van der Waals surface area contributed by atoms with Crippen LogP contribution in [0, 0.1) is 5.92 Å². The van der Waals surface area contributed by atoms with Gasteiger partial charge in [-0.25, -0.2) is 0 Å². The van der Waals surface area contributed by atoms with E-state index in [4.69, 9.17) is 5.73 Å². The standard InChI is InChI=1S/C13H21N3O3/c14-12(18)11(17)10(7-8-3-1-4-8)16-13(19)9-5-2-6-15-9/h8-10,15H,1-7H2,(H2,14,18)(H,16,19). The first-order valence-electron chi connectivity index (χ1n) is 6.95. The highest BCUT2D eigenvalue weighted by Crippen LogP contribution is 2.30. The number of Topliss-reactive ketones (excluding diaryl/α,β-unsaturated/α-hetero) is 1. The second-order valence-electron chi connectivity index (χ2n) is 5.47. The Morgan fingerprint density at radius 3 is 2.42 bits per heavy atom. The van der Waals surface area contributed by atoms with Gasteiger partial charge in [0.25, 0.3) is 5.91 Å². The molecule has 1 saturated carbocycles. The van der Waals surface area contributed by atoms with Crippen molar-refractivity contribution in [3.63, 3.8) is 0 Å². The second-order valence-corrected chi connectivity index (χ2v) is 5.47. The topological polar surface area (TPSA) is 101 Å². The van der Waals surface area contributed by atoms with Gasteiger partial charge in [0.1, 0.15) is 0 Å². The van der Waals surface area contributed by atoms with Gasteiger partial charge >= 0.3 is 0 Å². The molecule has 2 unspecified atom stereocenters. The van der Waals surface area contributed by atoms with Crippen LogP contribution >= 0.6 is 0 Å². The first-order chi connectivity index (χ1) is 9.08. The number of ketones is 1. The van der Waals surface area contributed by atoms with E-state index in [1.54, 1.807) is 0 Å². The van der Waals surface area contributed by atoms with Crippen LogP contribution in [0.15, 0.2) is 0 Å². The van der Waals surface area contributed by atoms with Gasteiger partial charge in [-0.05, 0) is 31.7 Å². The molecule has 2 aliphatic rings. The lowest BCUT2D eigenvalue weighted by Gasteiger charge is -2.29. The molecule has 6 nitrogen and oxygen atoms in total. The minimum Gasteiger partial charge on any atom is -0.363 e. The molecular weight excluding hydrogens is 246 g/mol. The third kappa shape index (κ3) is 3.53. The van der Waals surface area contributed by atoms with Gasteiger partial charge in [-0.3, -0.25) is 14.4 Å². The van der Waals surface area contributed by atoms with E-state index >= 15 is 0 Å². The number of nitrogens with two attached hydrogens (primary N) is 1. The number of hydrogen-bond acceptors (Lipinski definition) is 4. The van der Waals surface area contributed by atoms with Crippen molar-refractivity contribution in [2.45, 2.75) is 50.6 Å². The predicted molar refractivity (Wildman–Crippen MR) is 69.1 cm³/mol. The molecule has 4 N–H and O–H groups in total. The van der Waals surface area contributed by atoms with Crippen molar-refractivity contribution in [1.29, 1.82) is 0 Å². The Morgan fingerprint density at radius 2 is 1.95 bits per heavy atom. The van der Waals surface area contributed by atoms with E-state index in [0.29, 0.717) is 12.3 Å². The van der Waals surface area contributed by atoms with Gasteiger partial charge < -0.3 is 16.4 Å². The highest BCUT2D eigenvalue weighted by atomic mass is 16.2. The van der Waals surface area contributed by atoms with Crippen molar-refractivity contribution in [1.82, 2.24) is 10.6 Å². The monoisotopic (exact) mass is 267 g/mol. The third-order valence-electron chi connectivity index (χ3n) is 4.05. The summed E-state index contributed by atoms with van der Waals surface area (Å²) >= 11 is 0. The summed E-state index contributed by atoms with van der Waals surface area (Å²) in [6.45, 7) is 0.815. The van der Waals surface area contributed by atoms with Crippen LogP contribution in [0.5, 0.6) is 0 Å². The molecule has 0 bridgehead atoms. The van der Waals surface area contributed by atoms with Gasteiger partial charge in [-0.1, -0.05) is 19.3 Å². The summed E-state index contributed by atoms with van der Waals surface area (Å²) in [6.07, 6.45) is 5.52. The molecule has 0 radical (unpaired) electrons. The minimum absolute atomic E-state index is 0.198. The van der Waals surface area contributed by atoms with Gasteiger partial charge in [0.2, 0.25) is 11.7 Å². The molecule has 0 aromatic carbocycles. The van der Waals surface area contributed by atoms with Crippen LogP contribution in [0.2, 0.25) is 0 Å². The summed E-state index contributed by atoms with van der Waals surface area (Å²) in [5, 5.41) is 5.76. The van der Waals surface area contributed by atoms with Crippen molar-refractivity contribution in [2.75, 3.05) is 6.54 Å². The molecular formula is C13H21N3O3. The molecule has 0 spiro atoms. The molecule has 106 valence electrons. The maximum atomic E-state index is 12.0. The highest BCUT2D eigenvalue weighted by molar-refractivity contribution is 6.37. The molecule has 2 amide bonds. The first-order valence-corrected chi connectivity index (χ1v) is 6.95. The average Bonchev–Trinajstić information content (AvgIpc) is 2.84. The predicted octanol–water partition coefficient (Wildman–Crippen LogP) is -0.532. The normalized spacial score (nSPS) is 24.5. The maximum Gasteiger partial charge on any atom is 0.287 e. The van der Waals surface area contributed by atoms with Crippen molar-refractivity contribution in [3.8, 4) is 0 Å². The fraction of sp³-hybridized carbons (Fsp3) is 0.769. The summed E-state index contributed by atoms with van der Waals surface area (Å²) in [5.41, 5.74) is 5.05. The van der Waals surface area contributed by atoms with E-state index in [0.717, 1.165) is 38.6 Å². The number of carbonyl (C=O) groups excluding carboxylic acids is 3. The van der Waals surface area contributed by atoms with Gasteiger partial charge in [0.15, 0.2) is 0 Å². The molecule has 1 aliphatic heterocycles. The van der Waals surface area contributed by atoms with E-state index in [-0.39, 0.29) is 11.9 Å². The van der Waals surface area contributed by atoms with Crippen LogP contribution < -0.4 is 16.4 Å². The largest absolute Gasteiger partial charge is 0.363 e. The Morgan fingerprint density at radius 1 is 1.21 bits per heavy atom. The van der Waals surface area contributed by atoms with Crippen LogP contribution in [0.25, 0.3) is 0 Å². The number of carbonyl (C=O) groups is 3. The van der Waals surface area contributed by atoms with E-state index in [9.17, 15) is 14.4 Å². The molecule has 0 aromatic heterocycles. The Kier molecular flexibility index (Phi) is 4.52. The van der Waals surface area contributed by atoms with Crippen LogP contribution in [0.3, 0.4) is 0 Å². The quantitative estimate of drug-likeness (QED) is 0.563. The highest BCUT2D eigenvalue weighted by Gasteiger charge is 2.32. The number of rotatable bonds is 6. The number of nitrogens with one attached hydrogen (secondary N) is 2. The SMILES string of the molecule is NC(=O)C(=O)C(CC1CCC1)NC(=O)C1CCCN1. The molecule has 19 heavy (non-hydrogen) atoms. The maximum absolute atomic E-state index is 12.0. The van der Waals surface area contributed by atoms with Crippen LogP contribution in [-0.4, -0.2) is 36.2 Å². The summed E-state index contributed by atoms with van der Waals surface area (Å²) in [6, 6.07) is -0.998. The van der Waals surface area contributed by atoms with Crippen molar-refractivity contribution < 1.29 is 14.4 Å². The molecule has 2 atom stereocenters. The van der Waals surface area contributed by atoms with Gasteiger partial charge in [0.05, 0.1) is 12.1 Å². The van der Waals surface area contributed by atoms with Crippen LogP contribution in [0.4, 0.5) is 0 Å². The molecule has 1 heterocycles. The second kappa shape index (κ2) is 6.14. The van der Waals surface area contributed by atoms with Gasteiger partial charge in [-0.2, -0.15) is 0 Å². The lowest BCUT2D eigenvalue weighted by atomic mass is 9.80. The minimum atomic E-state index is -0.969. The van der Waals surface area contributed by atoms with E-state index < -0.39 is 17.7 Å². The molecule has 2 rings (SSSR count). The van der Waals surface area contributed by atoms with Gasteiger partial charge in [0, 0.05) is 0 Å². The van der Waals surface area contributed by atoms with E-state index in [2.05, 4.69) is 10.6 Å². The smallest absolute Gasteiger partial charge is 0.287 e. The Hall–Kier alpha value is -1.43. The Balaban J connectivity index is 1.93. The molecule has 1 saturated heterocycles. The van der Waals surface area contributed by atoms with Crippen molar-refractivity contribution >= 4 is 17.6 Å².